The molecule has 0 bridgehead atoms. The van der Waals surface area contributed by atoms with Crippen LogP contribution in [0.2, 0.25) is 0 Å². The number of nitrogens with zero attached hydrogens (tertiary/aromatic N) is 1. The van der Waals surface area contributed by atoms with Gasteiger partial charge < -0.3 is 9.67 Å². The summed E-state index contributed by atoms with van der Waals surface area (Å²) in [6.45, 7) is 7.24. The second-order valence-electron chi connectivity index (χ2n) is 4.83. The molecular weight excluding hydrogens is 226 g/mol. The van der Waals surface area contributed by atoms with E-state index in [1.807, 2.05) is 6.92 Å². The van der Waals surface area contributed by atoms with Gasteiger partial charge in [-0.05, 0) is 44.0 Å². The van der Waals surface area contributed by atoms with Gasteiger partial charge >= 0.3 is 5.97 Å². The quantitative estimate of drug-likeness (QED) is 0.891. The summed E-state index contributed by atoms with van der Waals surface area (Å²) < 4.78 is 2.29. The highest BCUT2D eigenvalue weighted by atomic mass is 16.4. The lowest BCUT2D eigenvalue weighted by Crippen LogP contribution is -2.02. The van der Waals surface area contributed by atoms with Crippen LogP contribution >= 0.6 is 0 Å². The second kappa shape index (κ2) is 4.84. The number of rotatable bonds is 4. The Labute approximate surface area is 107 Å². The summed E-state index contributed by atoms with van der Waals surface area (Å²) in [5.41, 5.74) is 3.77. The van der Waals surface area contributed by atoms with Crippen LogP contribution < -0.4 is 0 Å². The Morgan fingerprint density at radius 3 is 2.61 bits per heavy atom. The molecule has 0 radical (unpaired) electrons. The SMILES string of the molecule is CCCCn1c(C)cc2cc(C(=O)O)cc(C)c21. The molecule has 2 rings (SSSR count). The summed E-state index contributed by atoms with van der Waals surface area (Å²) in [4.78, 5) is 11.1. The van der Waals surface area contributed by atoms with Crippen molar-refractivity contribution in [3.63, 3.8) is 0 Å². The van der Waals surface area contributed by atoms with Crippen LogP contribution in [0.5, 0.6) is 0 Å². The normalized spacial score (nSPS) is 11.1. The minimum atomic E-state index is -0.862. The maximum Gasteiger partial charge on any atom is 0.335 e. The number of fused-ring (bicyclic) bond motifs is 1. The van der Waals surface area contributed by atoms with Crippen molar-refractivity contribution in [2.24, 2.45) is 0 Å². The molecule has 2 aromatic rings. The van der Waals surface area contributed by atoms with Crippen LogP contribution in [-0.4, -0.2) is 15.6 Å². The predicted octanol–water partition coefficient (Wildman–Crippen LogP) is 3.76. The smallest absolute Gasteiger partial charge is 0.335 e. The van der Waals surface area contributed by atoms with Gasteiger partial charge in [0, 0.05) is 17.6 Å². The number of carbonyl (C=O) groups is 1. The molecule has 3 nitrogen and oxygen atoms in total. The van der Waals surface area contributed by atoms with Crippen molar-refractivity contribution in [2.75, 3.05) is 0 Å². The fraction of sp³-hybridized carbons (Fsp3) is 0.400. The lowest BCUT2D eigenvalue weighted by atomic mass is 10.1. The zero-order valence-electron chi connectivity index (χ0n) is 11.2. The topological polar surface area (TPSA) is 42.2 Å². The highest BCUT2D eigenvalue weighted by molar-refractivity contribution is 5.95. The van der Waals surface area contributed by atoms with Crippen molar-refractivity contribution in [1.82, 2.24) is 4.57 Å². The fourth-order valence-electron chi connectivity index (χ4n) is 2.49. The summed E-state index contributed by atoms with van der Waals surface area (Å²) in [5, 5.41) is 10.1. The monoisotopic (exact) mass is 245 g/mol. The van der Waals surface area contributed by atoms with Gasteiger partial charge in [-0.3, -0.25) is 0 Å². The van der Waals surface area contributed by atoms with Gasteiger partial charge in [-0.25, -0.2) is 4.79 Å². The lowest BCUT2D eigenvalue weighted by molar-refractivity contribution is 0.0697. The number of carboxylic acid groups (broad SMARTS) is 1. The number of aryl methyl sites for hydroxylation is 3. The summed E-state index contributed by atoms with van der Waals surface area (Å²) in [6.07, 6.45) is 2.30. The number of aromatic nitrogens is 1. The molecule has 1 aromatic carbocycles. The Bertz CT molecular complexity index is 596. The van der Waals surface area contributed by atoms with Crippen LogP contribution in [0.4, 0.5) is 0 Å². The van der Waals surface area contributed by atoms with Gasteiger partial charge in [-0.1, -0.05) is 13.3 Å². The molecule has 0 amide bonds. The maximum atomic E-state index is 11.1. The van der Waals surface area contributed by atoms with Gasteiger partial charge in [0.25, 0.3) is 0 Å². The van der Waals surface area contributed by atoms with Crippen LogP contribution in [0.15, 0.2) is 18.2 Å². The molecule has 0 unspecified atom stereocenters. The zero-order chi connectivity index (χ0) is 13.3. The summed E-state index contributed by atoms with van der Waals surface area (Å²) in [7, 11) is 0. The molecule has 0 saturated heterocycles. The van der Waals surface area contributed by atoms with Crippen molar-refractivity contribution in [3.05, 3.63) is 35.0 Å². The van der Waals surface area contributed by atoms with E-state index in [9.17, 15) is 4.79 Å². The van der Waals surface area contributed by atoms with Gasteiger partial charge in [0.2, 0.25) is 0 Å². The molecule has 0 spiro atoms. The minimum Gasteiger partial charge on any atom is -0.478 e. The largest absolute Gasteiger partial charge is 0.478 e. The molecule has 96 valence electrons. The molecule has 3 heteroatoms. The molecule has 0 aliphatic heterocycles. The Hall–Kier alpha value is -1.77. The van der Waals surface area contributed by atoms with Gasteiger partial charge in [0.1, 0.15) is 0 Å². The Kier molecular flexibility index (Phi) is 3.41. The second-order valence-corrected chi connectivity index (χ2v) is 4.83. The molecule has 1 heterocycles. The van der Waals surface area contributed by atoms with E-state index < -0.39 is 5.97 Å². The van der Waals surface area contributed by atoms with E-state index in [0.29, 0.717) is 5.56 Å². The van der Waals surface area contributed by atoms with E-state index in [1.165, 1.54) is 11.2 Å². The average molecular weight is 245 g/mol. The first-order valence-electron chi connectivity index (χ1n) is 6.38. The van der Waals surface area contributed by atoms with Crippen LogP contribution in [0.1, 0.15) is 41.4 Å². The van der Waals surface area contributed by atoms with E-state index >= 15 is 0 Å². The molecule has 0 atom stereocenters. The lowest BCUT2D eigenvalue weighted by Gasteiger charge is -2.09. The van der Waals surface area contributed by atoms with Gasteiger partial charge in [-0.2, -0.15) is 0 Å². The average Bonchev–Trinajstić information content (AvgIpc) is 2.62. The first-order chi connectivity index (χ1) is 8.54. The molecule has 0 fully saturated rings. The Morgan fingerprint density at radius 2 is 2.00 bits per heavy atom. The van der Waals surface area contributed by atoms with E-state index in [1.54, 1.807) is 12.1 Å². The molecule has 0 aliphatic carbocycles. The molecule has 1 N–H and O–H groups in total. The maximum absolute atomic E-state index is 11.1. The summed E-state index contributed by atoms with van der Waals surface area (Å²) in [6, 6.07) is 5.59. The predicted molar refractivity (Wildman–Crippen MR) is 73.3 cm³/mol. The summed E-state index contributed by atoms with van der Waals surface area (Å²) >= 11 is 0. The Balaban J connectivity index is 2.60. The van der Waals surface area contributed by atoms with Crippen molar-refractivity contribution >= 4 is 16.9 Å². The highest BCUT2D eigenvalue weighted by Gasteiger charge is 2.12. The number of carboxylic acids is 1. The van der Waals surface area contributed by atoms with Crippen molar-refractivity contribution in [1.29, 1.82) is 0 Å². The Morgan fingerprint density at radius 1 is 1.28 bits per heavy atom. The van der Waals surface area contributed by atoms with E-state index in [-0.39, 0.29) is 0 Å². The minimum absolute atomic E-state index is 0.368. The molecular formula is C15H19NO2. The number of unbranched alkanes of at least 4 members (excludes halogenated alkanes) is 1. The van der Waals surface area contributed by atoms with Crippen molar-refractivity contribution in [3.8, 4) is 0 Å². The third-order valence-electron chi connectivity index (χ3n) is 3.37. The van der Waals surface area contributed by atoms with Crippen LogP contribution in [-0.2, 0) is 6.54 Å². The van der Waals surface area contributed by atoms with E-state index in [2.05, 4.69) is 24.5 Å². The van der Waals surface area contributed by atoms with Gasteiger partial charge in [0.05, 0.1) is 11.1 Å². The zero-order valence-corrected chi connectivity index (χ0v) is 11.2. The van der Waals surface area contributed by atoms with Crippen LogP contribution in [0.25, 0.3) is 10.9 Å². The first kappa shape index (κ1) is 12.7. The third kappa shape index (κ3) is 2.13. The van der Waals surface area contributed by atoms with Gasteiger partial charge in [0.15, 0.2) is 0 Å². The molecule has 0 saturated carbocycles. The fourth-order valence-corrected chi connectivity index (χ4v) is 2.49. The van der Waals surface area contributed by atoms with Crippen LogP contribution in [0.3, 0.4) is 0 Å². The number of hydrogen-bond acceptors (Lipinski definition) is 1. The standard InChI is InChI=1S/C15H19NO2/c1-4-5-6-16-11(3)8-12-9-13(15(17)18)7-10(2)14(12)16/h7-9H,4-6H2,1-3H3,(H,17,18). The highest BCUT2D eigenvalue weighted by Crippen LogP contribution is 2.25. The first-order valence-corrected chi connectivity index (χ1v) is 6.38. The number of aromatic carboxylic acids is 1. The molecule has 0 aliphatic rings. The van der Waals surface area contributed by atoms with Crippen molar-refractivity contribution in [2.45, 2.75) is 40.2 Å². The molecule has 1 aromatic heterocycles. The van der Waals surface area contributed by atoms with E-state index in [4.69, 9.17) is 5.11 Å². The number of benzene rings is 1. The van der Waals surface area contributed by atoms with Gasteiger partial charge in [-0.15, -0.1) is 0 Å². The third-order valence-corrected chi connectivity index (χ3v) is 3.37. The van der Waals surface area contributed by atoms with Crippen LogP contribution in [0, 0.1) is 13.8 Å². The van der Waals surface area contributed by atoms with E-state index in [0.717, 1.165) is 30.3 Å². The molecule has 18 heavy (non-hydrogen) atoms. The summed E-state index contributed by atoms with van der Waals surface area (Å²) in [5.74, 6) is -0.862. The number of hydrogen-bond donors (Lipinski definition) is 1. The van der Waals surface area contributed by atoms with Crippen molar-refractivity contribution < 1.29 is 9.90 Å².